The number of halogens is 1. The number of hydrogen-bond acceptors (Lipinski definition) is 3. The first-order valence-corrected chi connectivity index (χ1v) is 8.42. The molecular weight excluding hydrogens is 307 g/mol. The topological polar surface area (TPSA) is 67.2 Å². The van der Waals surface area contributed by atoms with Crippen LogP contribution in [0.2, 0.25) is 0 Å². The number of rotatable bonds is 7. The van der Waals surface area contributed by atoms with E-state index in [1.165, 1.54) is 34.4 Å². The van der Waals surface area contributed by atoms with Gasteiger partial charge in [-0.05, 0) is 24.6 Å². The number of anilines is 1. The summed E-state index contributed by atoms with van der Waals surface area (Å²) in [6, 6.07) is 5.98. The first-order chi connectivity index (χ1) is 10.5. The molecule has 1 heterocycles. The van der Waals surface area contributed by atoms with Crippen LogP contribution in [0.25, 0.3) is 5.69 Å². The van der Waals surface area contributed by atoms with Gasteiger partial charge in [0.1, 0.15) is 11.5 Å². The third-order valence-electron chi connectivity index (χ3n) is 3.21. The van der Waals surface area contributed by atoms with Crippen molar-refractivity contribution in [2.45, 2.75) is 19.8 Å². The second-order valence-corrected chi connectivity index (χ2v) is 6.64. The van der Waals surface area contributed by atoms with Crippen LogP contribution in [0.3, 0.4) is 0 Å². The lowest BCUT2D eigenvalue weighted by Crippen LogP contribution is -2.33. The Labute approximate surface area is 129 Å². The molecule has 0 radical (unpaired) electrons. The van der Waals surface area contributed by atoms with Gasteiger partial charge < -0.3 is 0 Å². The van der Waals surface area contributed by atoms with Gasteiger partial charge in [0.15, 0.2) is 0 Å². The van der Waals surface area contributed by atoms with E-state index < -0.39 is 16.0 Å². The molecule has 0 saturated carbocycles. The van der Waals surface area contributed by atoms with E-state index in [0.29, 0.717) is 12.2 Å². The Balaban J connectivity index is 2.33. The van der Waals surface area contributed by atoms with Gasteiger partial charge in [0.25, 0.3) is 0 Å². The lowest BCUT2D eigenvalue weighted by Gasteiger charge is -2.19. The maximum atomic E-state index is 14.1. The molecule has 0 saturated heterocycles. The maximum Gasteiger partial charge on any atom is 0.301 e. The van der Waals surface area contributed by atoms with Crippen molar-refractivity contribution >= 4 is 15.9 Å². The largest absolute Gasteiger partial charge is 0.301 e. The summed E-state index contributed by atoms with van der Waals surface area (Å²) in [4.78, 5) is 0. The molecule has 120 valence electrons. The van der Waals surface area contributed by atoms with Gasteiger partial charge in [-0.2, -0.15) is 17.8 Å². The van der Waals surface area contributed by atoms with Crippen LogP contribution < -0.4 is 4.72 Å². The van der Waals surface area contributed by atoms with Gasteiger partial charge in [0.2, 0.25) is 0 Å². The summed E-state index contributed by atoms with van der Waals surface area (Å²) in [7, 11) is -2.35. The highest BCUT2D eigenvalue weighted by atomic mass is 32.2. The fraction of sp³-hybridized carbons (Fsp3) is 0.357. The summed E-state index contributed by atoms with van der Waals surface area (Å²) in [6.07, 6.45) is 4.77. The number of nitrogens with one attached hydrogen (secondary N) is 1. The zero-order valence-electron chi connectivity index (χ0n) is 12.5. The summed E-state index contributed by atoms with van der Waals surface area (Å²) in [5, 5.41) is 4.01. The fourth-order valence-corrected chi connectivity index (χ4v) is 2.91. The predicted octanol–water partition coefficient (Wildman–Crippen LogP) is 2.40. The molecule has 0 spiro atoms. The molecule has 0 aliphatic carbocycles. The Kier molecular flexibility index (Phi) is 5.15. The molecule has 22 heavy (non-hydrogen) atoms. The van der Waals surface area contributed by atoms with Gasteiger partial charge in [0.05, 0.1) is 5.69 Å². The van der Waals surface area contributed by atoms with E-state index in [9.17, 15) is 12.8 Å². The number of aromatic nitrogens is 2. The van der Waals surface area contributed by atoms with Crippen LogP contribution in [0, 0.1) is 5.82 Å². The summed E-state index contributed by atoms with van der Waals surface area (Å²) in [6.45, 7) is 2.35. The molecule has 2 aromatic rings. The molecule has 0 unspecified atom stereocenters. The van der Waals surface area contributed by atoms with E-state index in [-0.39, 0.29) is 5.69 Å². The standard InChI is InChI=1S/C14H19FN4O2S/c1-3-4-10-18(2)22(20,21)17-14-12(15)7-5-8-13(14)19-11-6-9-16-19/h5-9,11,17H,3-4,10H2,1-2H3. The first kappa shape index (κ1) is 16.4. The maximum absolute atomic E-state index is 14.1. The van der Waals surface area contributed by atoms with Crippen molar-refractivity contribution in [2.75, 3.05) is 18.3 Å². The molecule has 0 atom stereocenters. The SMILES string of the molecule is CCCCN(C)S(=O)(=O)Nc1c(F)cccc1-n1cccn1. The number of nitrogens with zero attached hydrogens (tertiary/aromatic N) is 3. The van der Waals surface area contributed by atoms with Gasteiger partial charge in [-0.15, -0.1) is 0 Å². The molecule has 0 fully saturated rings. The zero-order valence-corrected chi connectivity index (χ0v) is 13.3. The fourth-order valence-electron chi connectivity index (χ4n) is 1.92. The highest BCUT2D eigenvalue weighted by molar-refractivity contribution is 7.90. The predicted molar refractivity (Wildman–Crippen MR) is 83.6 cm³/mol. The highest BCUT2D eigenvalue weighted by Gasteiger charge is 2.21. The van der Waals surface area contributed by atoms with Crippen molar-refractivity contribution in [2.24, 2.45) is 0 Å². The van der Waals surface area contributed by atoms with Gasteiger partial charge >= 0.3 is 10.2 Å². The number of benzene rings is 1. The molecule has 1 N–H and O–H groups in total. The first-order valence-electron chi connectivity index (χ1n) is 6.98. The molecule has 0 aliphatic heterocycles. The van der Waals surface area contributed by atoms with Crippen LogP contribution >= 0.6 is 0 Å². The average Bonchev–Trinajstić information content (AvgIpc) is 3.00. The van der Waals surface area contributed by atoms with Gasteiger partial charge in [0, 0.05) is 26.0 Å². The zero-order chi connectivity index (χ0) is 16.2. The van der Waals surface area contributed by atoms with Crippen LogP contribution in [-0.2, 0) is 10.2 Å². The monoisotopic (exact) mass is 326 g/mol. The average molecular weight is 326 g/mol. The van der Waals surface area contributed by atoms with E-state index in [1.54, 1.807) is 18.3 Å². The number of hydrogen-bond donors (Lipinski definition) is 1. The third-order valence-corrected chi connectivity index (χ3v) is 4.68. The van der Waals surface area contributed by atoms with E-state index in [4.69, 9.17) is 0 Å². The quantitative estimate of drug-likeness (QED) is 0.849. The van der Waals surface area contributed by atoms with Gasteiger partial charge in [-0.3, -0.25) is 4.72 Å². The summed E-state index contributed by atoms with van der Waals surface area (Å²) in [5.41, 5.74) is 0.215. The van der Waals surface area contributed by atoms with Crippen molar-refractivity contribution in [3.05, 3.63) is 42.5 Å². The molecule has 1 aromatic heterocycles. The lowest BCUT2D eigenvalue weighted by molar-refractivity contribution is 0.463. The molecule has 2 rings (SSSR count). The second-order valence-electron chi connectivity index (χ2n) is 4.87. The molecule has 6 nitrogen and oxygen atoms in total. The Hall–Kier alpha value is -1.93. The van der Waals surface area contributed by atoms with E-state index in [0.717, 1.165) is 12.8 Å². The smallest absolute Gasteiger partial charge is 0.266 e. The summed E-state index contributed by atoms with van der Waals surface area (Å²) in [5.74, 6) is -0.652. The van der Waals surface area contributed by atoms with E-state index >= 15 is 0 Å². The minimum absolute atomic E-state index is 0.116. The van der Waals surface area contributed by atoms with Gasteiger partial charge in [-0.1, -0.05) is 19.4 Å². The van der Waals surface area contributed by atoms with Crippen molar-refractivity contribution in [3.63, 3.8) is 0 Å². The number of unbranched alkanes of at least 4 members (excludes halogenated alkanes) is 1. The Morgan fingerprint density at radius 3 is 2.77 bits per heavy atom. The van der Waals surface area contributed by atoms with Gasteiger partial charge in [-0.25, -0.2) is 9.07 Å². The van der Waals surface area contributed by atoms with Crippen LogP contribution in [0.15, 0.2) is 36.7 Å². The molecular formula is C14H19FN4O2S. The molecule has 1 aromatic carbocycles. The second kappa shape index (κ2) is 6.89. The highest BCUT2D eigenvalue weighted by Crippen LogP contribution is 2.24. The van der Waals surface area contributed by atoms with Crippen LogP contribution in [0.4, 0.5) is 10.1 Å². The Bertz CT molecular complexity index is 716. The van der Waals surface area contributed by atoms with Crippen LogP contribution in [0.1, 0.15) is 19.8 Å². The van der Waals surface area contributed by atoms with E-state index in [1.807, 2.05) is 6.92 Å². The summed E-state index contributed by atoms with van der Waals surface area (Å²) < 4.78 is 43.6. The van der Waals surface area contributed by atoms with Crippen molar-refractivity contribution in [1.29, 1.82) is 0 Å². The van der Waals surface area contributed by atoms with E-state index in [2.05, 4.69) is 9.82 Å². The van der Waals surface area contributed by atoms with Crippen LogP contribution in [-0.4, -0.2) is 36.1 Å². The summed E-state index contributed by atoms with van der Waals surface area (Å²) >= 11 is 0. The number of para-hydroxylation sites is 1. The van der Waals surface area contributed by atoms with Crippen molar-refractivity contribution < 1.29 is 12.8 Å². The Morgan fingerprint density at radius 1 is 1.36 bits per heavy atom. The minimum Gasteiger partial charge on any atom is -0.266 e. The molecule has 0 aliphatic rings. The molecule has 8 heteroatoms. The van der Waals surface area contributed by atoms with Crippen molar-refractivity contribution in [1.82, 2.24) is 14.1 Å². The molecule has 0 bridgehead atoms. The minimum atomic E-state index is -3.82. The van der Waals surface area contributed by atoms with Crippen molar-refractivity contribution in [3.8, 4) is 5.69 Å². The molecule has 0 amide bonds. The normalized spacial score (nSPS) is 11.8. The Morgan fingerprint density at radius 2 is 2.14 bits per heavy atom. The van der Waals surface area contributed by atoms with Crippen LogP contribution in [0.5, 0.6) is 0 Å². The lowest BCUT2D eigenvalue weighted by atomic mass is 10.2. The third kappa shape index (κ3) is 3.63.